The fourth-order valence-corrected chi connectivity index (χ4v) is 3.61. The van der Waals surface area contributed by atoms with Gasteiger partial charge in [-0.2, -0.15) is 0 Å². The first-order valence-corrected chi connectivity index (χ1v) is 10.1. The van der Waals surface area contributed by atoms with Crippen LogP contribution < -0.4 is 10.6 Å². The van der Waals surface area contributed by atoms with Crippen LogP contribution in [0.25, 0.3) is 0 Å². The van der Waals surface area contributed by atoms with Gasteiger partial charge in [-0.1, -0.05) is 20.3 Å². The van der Waals surface area contributed by atoms with Gasteiger partial charge in [0.25, 0.3) is 0 Å². The van der Waals surface area contributed by atoms with Crippen molar-refractivity contribution in [3.63, 3.8) is 0 Å². The van der Waals surface area contributed by atoms with Gasteiger partial charge in [-0.05, 0) is 38.1 Å². The highest BCUT2D eigenvalue weighted by Crippen LogP contribution is 2.17. The van der Waals surface area contributed by atoms with Gasteiger partial charge in [0.2, 0.25) is 0 Å². The lowest BCUT2D eigenvalue weighted by Gasteiger charge is -2.37. The molecule has 0 aromatic heterocycles. The summed E-state index contributed by atoms with van der Waals surface area (Å²) in [6.07, 6.45) is 6.28. The minimum Gasteiger partial charge on any atom is -0.379 e. The summed E-state index contributed by atoms with van der Waals surface area (Å²) in [6.45, 7) is 11.3. The summed E-state index contributed by atoms with van der Waals surface area (Å²) < 4.78 is 11.1. The van der Waals surface area contributed by atoms with E-state index in [2.05, 4.69) is 34.4 Å². The van der Waals surface area contributed by atoms with Crippen LogP contribution >= 0.6 is 24.0 Å². The van der Waals surface area contributed by atoms with Crippen LogP contribution in [0.3, 0.4) is 0 Å². The van der Waals surface area contributed by atoms with Gasteiger partial charge in [-0.25, -0.2) is 0 Å². The largest absolute Gasteiger partial charge is 0.379 e. The van der Waals surface area contributed by atoms with E-state index < -0.39 is 0 Å². The van der Waals surface area contributed by atoms with Gasteiger partial charge >= 0.3 is 0 Å². The molecule has 2 saturated heterocycles. The second-order valence-corrected chi connectivity index (χ2v) is 7.63. The van der Waals surface area contributed by atoms with Crippen molar-refractivity contribution in [2.24, 2.45) is 10.9 Å². The average molecular weight is 482 g/mol. The van der Waals surface area contributed by atoms with Gasteiger partial charge in [-0.3, -0.25) is 9.89 Å². The maximum absolute atomic E-state index is 5.79. The lowest BCUT2D eigenvalue weighted by molar-refractivity contribution is 0.0420. The molecule has 7 heteroatoms. The number of ether oxygens (including phenoxy) is 2. The quantitative estimate of drug-likeness (QED) is 0.229. The van der Waals surface area contributed by atoms with E-state index in [0.29, 0.717) is 12.1 Å². The van der Waals surface area contributed by atoms with Crippen molar-refractivity contribution in [1.82, 2.24) is 15.5 Å². The van der Waals surface area contributed by atoms with Crippen molar-refractivity contribution in [3.05, 3.63) is 0 Å². The molecular weight excluding hydrogens is 443 g/mol. The van der Waals surface area contributed by atoms with Crippen LogP contribution in [-0.2, 0) is 9.47 Å². The van der Waals surface area contributed by atoms with Crippen LogP contribution in [0.2, 0.25) is 0 Å². The van der Waals surface area contributed by atoms with Crippen LogP contribution in [0.5, 0.6) is 0 Å². The Kier molecular flexibility index (Phi) is 12.8. The standard InChI is InChI=1S/C19H38N4O2.HI/c1-16(2)14-23-10-5-4-7-17(23)13-22-19(20-3)21-9-6-11-25-18-8-12-24-15-18;/h16-18H,4-15H2,1-3H3,(H2,20,21,22);1H. The zero-order valence-corrected chi connectivity index (χ0v) is 19.2. The van der Waals surface area contributed by atoms with Gasteiger partial charge in [0.1, 0.15) is 0 Å². The molecule has 6 nitrogen and oxygen atoms in total. The van der Waals surface area contributed by atoms with E-state index >= 15 is 0 Å². The third-order valence-corrected chi connectivity index (χ3v) is 4.93. The summed E-state index contributed by atoms with van der Waals surface area (Å²) >= 11 is 0. The number of guanidine groups is 1. The lowest BCUT2D eigenvalue weighted by Crippen LogP contribution is -2.50. The summed E-state index contributed by atoms with van der Waals surface area (Å²) in [6, 6.07) is 0.625. The van der Waals surface area contributed by atoms with Crippen LogP contribution in [0.4, 0.5) is 0 Å². The van der Waals surface area contributed by atoms with Crippen LogP contribution in [-0.4, -0.2) is 76.1 Å². The molecule has 0 aliphatic carbocycles. The number of likely N-dealkylation sites (tertiary alicyclic amines) is 1. The first-order valence-electron chi connectivity index (χ1n) is 10.1. The highest BCUT2D eigenvalue weighted by Gasteiger charge is 2.22. The van der Waals surface area contributed by atoms with Gasteiger partial charge in [0.05, 0.1) is 12.7 Å². The molecule has 0 radical (unpaired) electrons. The topological polar surface area (TPSA) is 58.1 Å². The molecule has 2 aliphatic rings. The fraction of sp³-hybridized carbons (Fsp3) is 0.947. The number of nitrogens with zero attached hydrogens (tertiary/aromatic N) is 2. The molecule has 0 saturated carbocycles. The first kappa shape index (κ1) is 23.9. The summed E-state index contributed by atoms with van der Waals surface area (Å²) in [4.78, 5) is 6.99. The third kappa shape index (κ3) is 9.19. The zero-order valence-electron chi connectivity index (χ0n) is 16.8. The van der Waals surface area contributed by atoms with E-state index in [1.807, 2.05) is 7.05 Å². The fourth-order valence-electron chi connectivity index (χ4n) is 3.61. The minimum atomic E-state index is 0. The van der Waals surface area contributed by atoms with Crippen LogP contribution in [0, 0.1) is 5.92 Å². The number of aliphatic imine (C=N–C) groups is 1. The monoisotopic (exact) mass is 482 g/mol. The molecule has 2 fully saturated rings. The van der Waals surface area contributed by atoms with Crippen molar-refractivity contribution < 1.29 is 9.47 Å². The molecule has 2 aliphatic heterocycles. The molecule has 2 unspecified atom stereocenters. The van der Waals surface area contributed by atoms with Crippen molar-refractivity contribution in [2.75, 3.05) is 53.0 Å². The van der Waals surface area contributed by atoms with Crippen molar-refractivity contribution in [3.8, 4) is 0 Å². The van der Waals surface area contributed by atoms with E-state index in [-0.39, 0.29) is 24.0 Å². The Balaban J connectivity index is 0.00000338. The van der Waals surface area contributed by atoms with Crippen molar-refractivity contribution >= 4 is 29.9 Å². The summed E-state index contributed by atoms with van der Waals surface area (Å²) in [5.41, 5.74) is 0. The number of halogens is 1. The van der Waals surface area contributed by atoms with E-state index in [4.69, 9.17) is 9.47 Å². The predicted octanol–water partition coefficient (Wildman–Crippen LogP) is 2.48. The van der Waals surface area contributed by atoms with Crippen molar-refractivity contribution in [2.45, 2.75) is 58.1 Å². The van der Waals surface area contributed by atoms with Crippen molar-refractivity contribution in [1.29, 1.82) is 0 Å². The Labute approximate surface area is 176 Å². The maximum Gasteiger partial charge on any atom is 0.191 e. The molecule has 2 heterocycles. The molecule has 26 heavy (non-hydrogen) atoms. The Morgan fingerprint density at radius 1 is 1.27 bits per heavy atom. The normalized spacial score (nSPS) is 24.5. The molecule has 0 bridgehead atoms. The Hall–Kier alpha value is -0.120. The molecule has 0 spiro atoms. The molecule has 2 atom stereocenters. The molecular formula is C19H39IN4O2. The molecule has 0 aromatic rings. The zero-order chi connectivity index (χ0) is 17.9. The average Bonchev–Trinajstić information content (AvgIpc) is 3.11. The molecule has 0 aromatic carbocycles. The second-order valence-electron chi connectivity index (χ2n) is 7.63. The molecule has 2 rings (SSSR count). The number of hydrogen-bond acceptors (Lipinski definition) is 4. The Morgan fingerprint density at radius 3 is 2.81 bits per heavy atom. The number of nitrogens with one attached hydrogen (secondary N) is 2. The van der Waals surface area contributed by atoms with E-state index in [9.17, 15) is 0 Å². The Morgan fingerprint density at radius 2 is 2.12 bits per heavy atom. The highest BCUT2D eigenvalue weighted by atomic mass is 127. The number of hydrogen-bond donors (Lipinski definition) is 2. The van der Waals surface area contributed by atoms with Gasteiger partial charge < -0.3 is 20.1 Å². The van der Waals surface area contributed by atoms with Gasteiger partial charge in [0, 0.05) is 45.9 Å². The maximum atomic E-state index is 5.79. The summed E-state index contributed by atoms with van der Waals surface area (Å²) in [7, 11) is 1.84. The smallest absolute Gasteiger partial charge is 0.191 e. The third-order valence-electron chi connectivity index (χ3n) is 4.93. The van der Waals surface area contributed by atoms with Crippen LogP contribution in [0.1, 0.15) is 46.0 Å². The predicted molar refractivity (Wildman–Crippen MR) is 119 cm³/mol. The Bertz CT molecular complexity index is 390. The first-order chi connectivity index (χ1) is 12.2. The van der Waals surface area contributed by atoms with Gasteiger partial charge in [-0.15, -0.1) is 24.0 Å². The molecule has 154 valence electrons. The van der Waals surface area contributed by atoms with E-state index in [1.54, 1.807) is 0 Å². The second kappa shape index (κ2) is 14.0. The summed E-state index contributed by atoms with van der Waals surface area (Å²) in [5.74, 6) is 1.63. The van der Waals surface area contributed by atoms with E-state index in [1.165, 1.54) is 32.4 Å². The minimum absolute atomic E-state index is 0. The SMILES string of the molecule is CN=C(NCCCOC1CCOC1)NCC1CCCCN1CC(C)C.I. The number of piperidine rings is 1. The highest BCUT2D eigenvalue weighted by molar-refractivity contribution is 14.0. The summed E-state index contributed by atoms with van der Waals surface area (Å²) in [5, 5.41) is 6.91. The lowest BCUT2D eigenvalue weighted by atomic mass is 10.0. The van der Waals surface area contributed by atoms with Gasteiger partial charge in [0.15, 0.2) is 5.96 Å². The molecule has 2 N–H and O–H groups in total. The molecule has 0 amide bonds. The van der Waals surface area contributed by atoms with Crippen LogP contribution in [0.15, 0.2) is 4.99 Å². The van der Waals surface area contributed by atoms with E-state index in [0.717, 1.165) is 57.6 Å². The number of rotatable bonds is 9.